The summed E-state index contributed by atoms with van der Waals surface area (Å²) >= 11 is 0. The molecule has 2 aromatic rings. The van der Waals surface area contributed by atoms with Gasteiger partial charge in [-0.25, -0.2) is 0 Å². The van der Waals surface area contributed by atoms with Gasteiger partial charge in [-0.3, -0.25) is 4.98 Å². The first kappa shape index (κ1) is 14.6. The van der Waals surface area contributed by atoms with Crippen LogP contribution < -0.4 is 11.1 Å². The Hall–Kier alpha value is -1.81. The summed E-state index contributed by atoms with van der Waals surface area (Å²) in [4.78, 5) is 6.95. The lowest BCUT2D eigenvalue weighted by Gasteiger charge is -2.19. The highest BCUT2D eigenvalue weighted by molar-refractivity contribution is 5.93. The second-order valence-electron chi connectivity index (χ2n) is 5.04. The zero-order valence-corrected chi connectivity index (χ0v) is 12.6. The van der Waals surface area contributed by atoms with Gasteiger partial charge in [-0.15, -0.1) is 0 Å². The van der Waals surface area contributed by atoms with Crippen LogP contribution in [0.15, 0.2) is 24.3 Å². The molecule has 1 aromatic carbocycles. The van der Waals surface area contributed by atoms with E-state index in [-0.39, 0.29) is 0 Å². The first-order valence-electron chi connectivity index (χ1n) is 7.27. The van der Waals surface area contributed by atoms with E-state index in [0.717, 1.165) is 54.2 Å². The second kappa shape index (κ2) is 6.57. The molecule has 0 saturated heterocycles. The molecule has 0 aliphatic carbocycles. The van der Waals surface area contributed by atoms with Crippen LogP contribution in [0.4, 0.5) is 11.4 Å². The minimum atomic E-state index is 0.773. The number of aromatic nitrogens is 1. The largest absolute Gasteiger partial charge is 0.399 e. The number of pyridine rings is 1. The molecule has 20 heavy (non-hydrogen) atoms. The van der Waals surface area contributed by atoms with Crippen molar-refractivity contribution in [2.45, 2.75) is 20.8 Å². The molecular formula is C16H24N4. The number of likely N-dealkylation sites (N-methyl/N-ethyl adjacent to an activating group) is 1. The molecule has 0 bridgehead atoms. The van der Waals surface area contributed by atoms with Gasteiger partial charge in [0.05, 0.1) is 5.52 Å². The van der Waals surface area contributed by atoms with E-state index in [1.807, 2.05) is 25.1 Å². The molecule has 0 unspecified atom stereocenters. The predicted molar refractivity (Wildman–Crippen MR) is 87.2 cm³/mol. The zero-order chi connectivity index (χ0) is 14.5. The summed E-state index contributed by atoms with van der Waals surface area (Å²) in [5.74, 6) is 0. The Morgan fingerprint density at radius 1 is 1.20 bits per heavy atom. The lowest BCUT2D eigenvalue weighted by atomic mass is 10.1. The quantitative estimate of drug-likeness (QED) is 0.794. The topological polar surface area (TPSA) is 54.2 Å². The number of nitrogens with one attached hydrogen (secondary N) is 1. The Kier molecular flexibility index (Phi) is 4.79. The number of rotatable bonds is 6. The molecule has 4 heteroatoms. The van der Waals surface area contributed by atoms with Crippen molar-refractivity contribution in [3.8, 4) is 0 Å². The molecule has 108 valence electrons. The van der Waals surface area contributed by atoms with E-state index in [0.29, 0.717) is 0 Å². The number of hydrogen-bond acceptors (Lipinski definition) is 4. The van der Waals surface area contributed by atoms with Crippen LogP contribution in [0.1, 0.15) is 19.5 Å². The maximum atomic E-state index is 5.89. The smallest absolute Gasteiger partial charge is 0.0727 e. The van der Waals surface area contributed by atoms with E-state index in [1.54, 1.807) is 0 Å². The van der Waals surface area contributed by atoms with Gasteiger partial charge in [0.1, 0.15) is 0 Å². The van der Waals surface area contributed by atoms with Crippen LogP contribution in [-0.2, 0) is 0 Å². The van der Waals surface area contributed by atoms with Gasteiger partial charge in [-0.1, -0.05) is 13.8 Å². The summed E-state index contributed by atoms with van der Waals surface area (Å²) in [6.45, 7) is 10.5. The summed E-state index contributed by atoms with van der Waals surface area (Å²) < 4.78 is 0. The van der Waals surface area contributed by atoms with Gasteiger partial charge in [-0.05, 0) is 44.3 Å². The van der Waals surface area contributed by atoms with Crippen LogP contribution in [-0.4, -0.2) is 36.1 Å². The number of nitrogen functional groups attached to an aromatic ring is 1. The van der Waals surface area contributed by atoms with Crippen LogP contribution >= 0.6 is 0 Å². The molecule has 1 aromatic heterocycles. The second-order valence-corrected chi connectivity index (χ2v) is 5.04. The fourth-order valence-electron chi connectivity index (χ4n) is 2.41. The maximum absolute atomic E-state index is 5.89. The van der Waals surface area contributed by atoms with Crippen molar-refractivity contribution < 1.29 is 0 Å². The Bertz CT molecular complexity index is 576. The highest BCUT2D eigenvalue weighted by atomic mass is 15.1. The van der Waals surface area contributed by atoms with E-state index in [4.69, 9.17) is 5.73 Å². The van der Waals surface area contributed by atoms with Crippen molar-refractivity contribution >= 4 is 22.3 Å². The van der Waals surface area contributed by atoms with Gasteiger partial charge in [0, 0.05) is 35.5 Å². The number of aryl methyl sites for hydroxylation is 1. The standard InChI is InChI=1S/C16H24N4/c1-4-20(5-2)9-8-18-16-10-12(3)19-15-7-6-13(17)11-14(15)16/h6-7,10-11H,4-5,8-9,17H2,1-3H3,(H,18,19). The minimum absolute atomic E-state index is 0.773. The monoisotopic (exact) mass is 272 g/mol. The van der Waals surface area contributed by atoms with Crippen molar-refractivity contribution in [1.29, 1.82) is 0 Å². The number of nitrogens with zero attached hydrogens (tertiary/aromatic N) is 2. The third-order valence-corrected chi connectivity index (χ3v) is 3.60. The average Bonchev–Trinajstić information content (AvgIpc) is 2.44. The number of nitrogens with two attached hydrogens (primary N) is 1. The van der Waals surface area contributed by atoms with Crippen LogP contribution in [0.25, 0.3) is 10.9 Å². The van der Waals surface area contributed by atoms with Crippen molar-refractivity contribution in [2.24, 2.45) is 0 Å². The van der Waals surface area contributed by atoms with E-state index in [9.17, 15) is 0 Å². The van der Waals surface area contributed by atoms with Crippen molar-refractivity contribution in [2.75, 3.05) is 37.2 Å². The summed E-state index contributed by atoms with van der Waals surface area (Å²) in [6.07, 6.45) is 0. The fourth-order valence-corrected chi connectivity index (χ4v) is 2.41. The van der Waals surface area contributed by atoms with Gasteiger partial charge in [0.15, 0.2) is 0 Å². The summed E-state index contributed by atoms with van der Waals surface area (Å²) in [5.41, 5.74) is 9.79. The van der Waals surface area contributed by atoms with Gasteiger partial charge in [0.2, 0.25) is 0 Å². The lowest BCUT2D eigenvalue weighted by Crippen LogP contribution is -2.28. The summed E-state index contributed by atoms with van der Waals surface area (Å²) in [5, 5.41) is 4.61. The SMILES string of the molecule is CCN(CC)CCNc1cc(C)nc2ccc(N)cc12. The molecule has 3 N–H and O–H groups in total. The van der Waals surface area contributed by atoms with Crippen LogP contribution in [0, 0.1) is 6.92 Å². The number of hydrogen-bond donors (Lipinski definition) is 2. The Balaban J connectivity index is 2.18. The lowest BCUT2D eigenvalue weighted by molar-refractivity contribution is 0.316. The summed E-state index contributed by atoms with van der Waals surface area (Å²) in [6, 6.07) is 7.95. The average molecular weight is 272 g/mol. The normalized spacial score (nSPS) is 11.2. The minimum Gasteiger partial charge on any atom is -0.399 e. The van der Waals surface area contributed by atoms with Crippen LogP contribution in [0.3, 0.4) is 0 Å². The highest BCUT2D eigenvalue weighted by Gasteiger charge is 2.05. The molecule has 0 radical (unpaired) electrons. The first-order chi connectivity index (χ1) is 9.63. The molecule has 0 fully saturated rings. The predicted octanol–water partition coefficient (Wildman–Crippen LogP) is 2.88. The molecule has 0 atom stereocenters. The van der Waals surface area contributed by atoms with E-state index in [1.165, 1.54) is 0 Å². The third-order valence-electron chi connectivity index (χ3n) is 3.60. The third kappa shape index (κ3) is 3.39. The molecule has 1 heterocycles. The van der Waals surface area contributed by atoms with E-state index in [2.05, 4.69) is 35.1 Å². The highest BCUT2D eigenvalue weighted by Crippen LogP contribution is 2.25. The summed E-state index contributed by atoms with van der Waals surface area (Å²) in [7, 11) is 0. The molecule has 0 saturated carbocycles. The van der Waals surface area contributed by atoms with E-state index < -0.39 is 0 Å². The molecule has 0 amide bonds. The van der Waals surface area contributed by atoms with Gasteiger partial charge in [-0.2, -0.15) is 0 Å². The van der Waals surface area contributed by atoms with Gasteiger partial charge < -0.3 is 16.0 Å². The Morgan fingerprint density at radius 2 is 1.95 bits per heavy atom. The fraction of sp³-hybridized carbons (Fsp3) is 0.438. The molecule has 0 aliphatic heterocycles. The Labute approximate surface area is 121 Å². The Morgan fingerprint density at radius 3 is 2.65 bits per heavy atom. The van der Waals surface area contributed by atoms with E-state index >= 15 is 0 Å². The molecular weight excluding hydrogens is 248 g/mol. The molecule has 0 spiro atoms. The van der Waals surface area contributed by atoms with Crippen LogP contribution in [0.5, 0.6) is 0 Å². The molecule has 0 aliphatic rings. The van der Waals surface area contributed by atoms with Crippen LogP contribution in [0.2, 0.25) is 0 Å². The van der Waals surface area contributed by atoms with Gasteiger partial charge >= 0.3 is 0 Å². The first-order valence-corrected chi connectivity index (χ1v) is 7.27. The van der Waals surface area contributed by atoms with Gasteiger partial charge in [0.25, 0.3) is 0 Å². The van der Waals surface area contributed by atoms with Crippen molar-refractivity contribution in [3.05, 3.63) is 30.0 Å². The molecule has 2 rings (SSSR count). The maximum Gasteiger partial charge on any atom is 0.0727 e. The number of fused-ring (bicyclic) bond motifs is 1. The number of benzene rings is 1. The molecule has 4 nitrogen and oxygen atoms in total. The zero-order valence-electron chi connectivity index (χ0n) is 12.6. The van der Waals surface area contributed by atoms with Crippen molar-refractivity contribution in [3.63, 3.8) is 0 Å². The number of anilines is 2. The van der Waals surface area contributed by atoms with Crippen molar-refractivity contribution in [1.82, 2.24) is 9.88 Å².